The van der Waals surface area contributed by atoms with Gasteiger partial charge in [0.15, 0.2) is 6.61 Å². The largest absolute Gasteiger partial charge is 0.484 e. The number of ether oxygens (including phenoxy) is 1. The summed E-state index contributed by atoms with van der Waals surface area (Å²) in [6, 6.07) is 15.4. The number of hydrogen-bond acceptors (Lipinski definition) is 6. The van der Waals surface area contributed by atoms with Gasteiger partial charge < -0.3 is 19.4 Å². The standard InChI is InChI=1S/C21H24N4O3/c1-4-25(15(2)3)18-9-7-17(8-10-18)23-20(26)13-27-19-11-5-16(6-12-19)21-24-22-14-28-21/h5-12,14-15H,4,13H2,1-3H3,(H,23,26). The maximum Gasteiger partial charge on any atom is 0.262 e. The second kappa shape index (κ2) is 9.03. The first kappa shape index (κ1) is 19.4. The third-order valence-electron chi connectivity index (χ3n) is 4.28. The number of carbonyl (C=O) groups is 1. The number of anilines is 2. The molecule has 0 radical (unpaired) electrons. The van der Waals surface area contributed by atoms with E-state index < -0.39 is 0 Å². The number of carbonyl (C=O) groups excluding carboxylic acids is 1. The van der Waals surface area contributed by atoms with Gasteiger partial charge in [-0.1, -0.05) is 0 Å². The molecule has 0 saturated carbocycles. The quantitative estimate of drug-likeness (QED) is 0.636. The highest BCUT2D eigenvalue weighted by molar-refractivity contribution is 5.92. The van der Waals surface area contributed by atoms with Gasteiger partial charge in [0, 0.05) is 29.5 Å². The van der Waals surface area contributed by atoms with Crippen LogP contribution in [0.3, 0.4) is 0 Å². The third-order valence-corrected chi connectivity index (χ3v) is 4.28. The van der Waals surface area contributed by atoms with Gasteiger partial charge in [0.05, 0.1) is 0 Å². The molecule has 0 fully saturated rings. The van der Waals surface area contributed by atoms with Crippen molar-refractivity contribution in [2.75, 3.05) is 23.4 Å². The number of amides is 1. The summed E-state index contributed by atoms with van der Waals surface area (Å²) in [7, 11) is 0. The molecule has 3 rings (SSSR count). The molecule has 1 aromatic heterocycles. The lowest BCUT2D eigenvalue weighted by molar-refractivity contribution is -0.118. The number of aromatic nitrogens is 2. The molecule has 0 aliphatic rings. The van der Waals surface area contributed by atoms with E-state index in [0.29, 0.717) is 17.7 Å². The Morgan fingerprint density at radius 1 is 1.14 bits per heavy atom. The van der Waals surface area contributed by atoms with E-state index in [0.717, 1.165) is 23.5 Å². The minimum atomic E-state index is -0.218. The van der Waals surface area contributed by atoms with Crippen LogP contribution in [-0.4, -0.2) is 35.3 Å². The maximum absolute atomic E-state index is 12.1. The summed E-state index contributed by atoms with van der Waals surface area (Å²) >= 11 is 0. The van der Waals surface area contributed by atoms with Gasteiger partial charge >= 0.3 is 0 Å². The number of hydrogen-bond donors (Lipinski definition) is 1. The van der Waals surface area contributed by atoms with Crippen LogP contribution in [0.4, 0.5) is 11.4 Å². The average Bonchev–Trinajstić information content (AvgIpc) is 3.23. The molecule has 2 aromatic carbocycles. The fourth-order valence-corrected chi connectivity index (χ4v) is 2.92. The number of benzene rings is 2. The van der Waals surface area contributed by atoms with E-state index in [1.165, 1.54) is 6.39 Å². The van der Waals surface area contributed by atoms with Crippen LogP contribution in [0.1, 0.15) is 20.8 Å². The summed E-state index contributed by atoms with van der Waals surface area (Å²) in [5.41, 5.74) is 2.66. The van der Waals surface area contributed by atoms with Gasteiger partial charge in [0.2, 0.25) is 12.3 Å². The van der Waals surface area contributed by atoms with Crippen LogP contribution in [0.15, 0.2) is 59.3 Å². The minimum absolute atomic E-state index is 0.0747. The van der Waals surface area contributed by atoms with Crippen LogP contribution in [0.25, 0.3) is 11.5 Å². The van der Waals surface area contributed by atoms with Gasteiger partial charge in [-0.15, -0.1) is 10.2 Å². The molecular weight excluding hydrogens is 356 g/mol. The van der Waals surface area contributed by atoms with E-state index in [1.54, 1.807) is 24.3 Å². The third kappa shape index (κ3) is 4.88. The predicted molar refractivity (Wildman–Crippen MR) is 108 cm³/mol. The first-order valence-corrected chi connectivity index (χ1v) is 9.22. The Hall–Kier alpha value is -3.35. The first-order chi connectivity index (χ1) is 13.6. The van der Waals surface area contributed by atoms with Crippen LogP contribution in [0.5, 0.6) is 5.75 Å². The molecule has 7 nitrogen and oxygen atoms in total. The van der Waals surface area contributed by atoms with Crippen LogP contribution in [-0.2, 0) is 4.79 Å². The Morgan fingerprint density at radius 3 is 2.43 bits per heavy atom. The first-order valence-electron chi connectivity index (χ1n) is 9.22. The van der Waals surface area contributed by atoms with E-state index in [4.69, 9.17) is 9.15 Å². The Bertz CT molecular complexity index is 875. The molecule has 0 saturated heterocycles. The van der Waals surface area contributed by atoms with Crippen molar-refractivity contribution in [1.82, 2.24) is 10.2 Å². The van der Waals surface area contributed by atoms with Crippen molar-refractivity contribution in [3.8, 4) is 17.2 Å². The van der Waals surface area contributed by atoms with Crippen LogP contribution in [0, 0.1) is 0 Å². The summed E-state index contributed by atoms with van der Waals surface area (Å²) < 4.78 is 10.7. The van der Waals surface area contributed by atoms with E-state index in [9.17, 15) is 4.79 Å². The van der Waals surface area contributed by atoms with E-state index >= 15 is 0 Å². The molecule has 146 valence electrons. The molecule has 1 heterocycles. The topological polar surface area (TPSA) is 80.5 Å². The van der Waals surface area contributed by atoms with E-state index in [-0.39, 0.29) is 12.5 Å². The number of rotatable bonds is 8. The Labute approximate surface area is 164 Å². The molecule has 1 N–H and O–H groups in total. The van der Waals surface area contributed by atoms with Crippen molar-refractivity contribution in [1.29, 1.82) is 0 Å². The minimum Gasteiger partial charge on any atom is -0.484 e. The van der Waals surface area contributed by atoms with Gasteiger partial charge in [0.25, 0.3) is 5.91 Å². The lowest BCUT2D eigenvalue weighted by Crippen LogP contribution is -2.30. The van der Waals surface area contributed by atoms with E-state index in [1.807, 2.05) is 24.3 Å². The fourth-order valence-electron chi connectivity index (χ4n) is 2.92. The Balaban J connectivity index is 1.51. The zero-order valence-electron chi connectivity index (χ0n) is 16.3. The highest BCUT2D eigenvalue weighted by atomic mass is 16.5. The molecular formula is C21H24N4O3. The molecule has 0 spiro atoms. The van der Waals surface area contributed by atoms with Gasteiger partial charge in [0.1, 0.15) is 5.75 Å². The van der Waals surface area contributed by atoms with Crippen LogP contribution < -0.4 is 15.0 Å². The molecule has 28 heavy (non-hydrogen) atoms. The van der Waals surface area contributed by atoms with E-state index in [2.05, 4.69) is 41.2 Å². The molecule has 0 atom stereocenters. The average molecular weight is 380 g/mol. The highest BCUT2D eigenvalue weighted by Gasteiger charge is 2.09. The summed E-state index contributed by atoms with van der Waals surface area (Å²) in [6.07, 6.45) is 1.28. The van der Waals surface area contributed by atoms with Gasteiger partial charge in [-0.3, -0.25) is 4.79 Å². The molecule has 0 aliphatic carbocycles. The lowest BCUT2D eigenvalue weighted by Gasteiger charge is -2.27. The summed E-state index contributed by atoms with van der Waals surface area (Å²) in [5, 5.41) is 10.3. The molecule has 0 unspecified atom stereocenters. The van der Waals surface area contributed by atoms with Crippen molar-refractivity contribution in [2.24, 2.45) is 0 Å². The van der Waals surface area contributed by atoms with Crippen molar-refractivity contribution < 1.29 is 13.9 Å². The number of nitrogens with one attached hydrogen (secondary N) is 1. The second-order valence-corrected chi connectivity index (χ2v) is 6.53. The zero-order valence-corrected chi connectivity index (χ0v) is 16.3. The highest BCUT2D eigenvalue weighted by Crippen LogP contribution is 2.21. The monoisotopic (exact) mass is 380 g/mol. The fraction of sp³-hybridized carbons (Fsp3) is 0.286. The molecule has 3 aromatic rings. The Kier molecular flexibility index (Phi) is 6.26. The summed E-state index contributed by atoms with van der Waals surface area (Å²) in [4.78, 5) is 14.4. The normalized spacial score (nSPS) is 10.7. The smallest absolute Gasteiger partial charge is 0.262 e. The van der Waals surface area contributed by atoms with Gasteiger partial charge in [-0.25, -0.2) is 0 Å². The number of nitrogens with zero attached hydrogens (tertiary/aromatic N) is 3. The second-order valence-electron chi connectivity index (χ2n) is 6.53. The maximum atomic E-state index is 12.1. The SMILES string of the molecule is CCN(c1ccc(NC(=O)COc2ccc(-c3nnco3)cc2)cc1)C(C)C. The lowest BCUT2D eigenvalue weighted by atomic mass is 10.2. The predicted octanol–water partition coefficient (Wildman–Crippen LogP) is 3.99. The molecule has 1 amide bonds. The van der Waals surface area contributed by atoms with Crippen LogP contribution >= 0.6 is 0 Å². The molecule has 7 heteroatoms. The summed E-state index contributed by atoms with van der Waals surface area (Å²) in [5.74, 6) is 0.807. The van der Waals surface area contributed by atoms with Crippen LogP contribution in [0.2, 0.25) is 0 Å². The van der Waals surface area contributed by atoms with Crippen molar-refractivity contribution in [3.05, 3.63) is 54.9 Å². The van der Waals surface area contributed by atoms with Crippen molar-refractivity contribution >= 4 is 17.3 Å². The van der Waals surface area contributed by atoms with Crippen molar-refractivity contribution in [3.63, 3.8) is 0 Å². The van der Waals surface area contributed by atoms with Gasteiger partial charge in [-0.05, 0) is 69.3 Å². The van der Waals surface area contributed by atoms with Gasteiger partial charge in [-0.2, -0.15) is 0 Å². The molecule has 0 bridgehead atoms. The summed E-state index contributed by atoms with van der Waals surface area (Å²) in [6.45, 7) is 7.30. The van der Waals surface area contributed by atoms with Crippen molar-refractivity contribution in [2.45, 2.75) is 26.8 Å². The Morgan fingerprint density at radius 2 is 1.86 bits per heavy atom. The zero-order chi connectivity index (χ0) is 19.9. The molecule has 0 aliphatic heterocycles.